The number of amides is 4. The van der Waals surface area contributed by atoms with Gasteiger partial charge >= 0.3 is 12.3 Å². The van der Waals surface area contributed by atoms with Crippen molar-refractivity contribution in [2.24, 2.45) is 17.8 Å². The minimum Gasteiger partial charge on any atom is -0.493 e. The van der Waals surface area contributed by atoms with Crippen molar-refractivity contribution in [3.63, 3.8) is 0 Å². The molecule has 58 heavy (non-hydrogen) atoms. The van der Waals surface area contributed by atoms with Crippen molar-refractivity contribution in [3.8, 4) is 17.4 Å². The Kier molecular flexibility index (Phi) is 11.9. The van der Waals surface area contributed by atoms with Crippen LogP contribution in [0, 0.1) is 17.8 Å². The van der Waals surface area contributed by atoms with Gasteiger partial charge in [0.1, 0.15) is 23.7 Å². The minimum atomic E-state index is -4.92. The smallest absolute Gasteiger partial charge is 0.427 e. The van der Waals surface area contributed by atoms with Crippen LogP contribution in [-0.4, -0.2) is 104 Å². The van der Waals surface area contributed by atoms with Crippen molar-refractivity contribution in [2.75, 3.05) is 20.8 Å². The van der Waals surface area contributed by atoms with Gasteiger partial charge in [-0.2, -0.15) is 13.2 Å². The zero-order valence-electron chi connectivity index (χ0n) is 33.2. The number of pyridine rings is 1. The summed E-state index contributed by atoms with van der Waals surface area (Å²) in [6.07, 6.45) is 0.134. The number of nitrogens with zero attached hydrogens (tertiary/aromatic N) is 2. The van der Waals surface area contributed by atoms with E-state index >= 15 is 0 Å². The summed E-state index contributed by atoms with van der Waals surface area (Å²) in [5.74, 6) is -2.73. The Hall–Kier alpha value is -4.81. The van der Waals surface area contributed by atoms with Gasteiger partial charge in [0.05, 0.1) is 26.0 Å². The van der Waals surface area contributed by atoms with Crippen LogP contribution in [0.3, 0.4) is 0 Å². The predicted octanol–water partition coefficient (Wildman–Crippen LogP) is 4.53. The standard InChI is InChI=1S/C39H50F3N5O10S/c1-21-9-7-8-10-24-19-38(24,35(50)46-58(52,53)26-11-12-26)45-32(48)28-17-25(56-33-27-18-30(55-6)29(54-5)16-23(27)13-14-43-33)20-47(28)34(49)31(22(2)15-21)44-36(51)57-37(3,4)39(40,41)42/h8,10,13-14,16,18,21-22,24-26,28,31H,7,9,11-12,15,17,19-20H2,1-6H3,(H,44,51)(H,45,48)(H,46,50)/b10-8-/t21-,22-,24-,25-,28+,31?,38-/m1/s1. The van der Waals surface area contributed by atoms with E-state index in [1.165, 1.54) is 25.3 Å². The van der Waals surface area contributed by atoms with Crippen LogP contribution >= 0.6 is 0 Å². The van der Waals surface area contributed by atoms with Gasteiger partial charge in [0.25, 0.3) is 5.91 Å². The van der Waals surface area contributed by atoms with Crippen molar-refractivity contribution >= 4 is 44.6 Å². The maximum Gasteiger partial charge on any atom is 0.427 e. The van der Waals surface area contributed by atoms with Crippen LogP contribution in [-0.2, 0) is 29.1 Å². The number of carbonyl (C=O) groups is 4. The predicted molar refractivity (Wildman–Crippen MR) is 203 cm³/mol. The van der Waals surface area contributed by atoms with Crippen LogP contribution in [0.5, 0.6) is 17.4 Å². The van der Waals surface area contributed by atoms with Gasteiger partial charge in [0.2, 0.25) is 33.3 Å². The summed E-state index contributed by atoms with van der Waals surface area (Å²) in [5, 5.41) is 5.65. The van der Waals surface area contributed by atoms with Gasteiger partial charge in [-0.15, -0.1) is 0 Å². The highest BCUT2D eigenvalue weighted by atomic mass is 32.2. The molecule has 4 aliphatic rings. The Morgan fingerprint density at radius 1 is 1.03 bits per heavy atom. The molecule has 0 spiro atoms. The molecule has 0 radical (unpaired) electrons. The lowest BCUT2D eigenvalue weighted by Gasteiger charge is -2.34. The van der Waals surface area contributed by atoms with Gasteiger partial charge in [-0.05, 0) is 87.8 Å². The van der Waals surface area contributed by atoms with Crippen molar-refractivity contribution in [1.29, 1.82) is 0 Å². The molecule has 2 saturated carbocycles. The van der Waals surface area contributed by atoms with E-state index in [-0.39, 0.29) is 31.2 Å². The zero-order chi connectivity index (χ0) is 42.4. The average Bonchev–Trinajstić information content (AvgIpc) is 4.07. The average molecular weight is 838 g/mol. The number of nitrogens with one attached hydrogen (secondary N) is 3. The van der Waals surface area contributed by atoms with Crippen LogP contribution in [0.15, 0.2) is 36.5 Å². The number of methoxy groups -OCH3 is 2. The number of benzene rings is 1. The lowest BCUT2D eigenvalue weighted by Crippen LogP contribution is -2.59. The first-order chi connectivity index (χ1) is 27.2. The van der Waals surface area contributed by atoms with Gasteiger partial charge < -0.3 is 34.5 Å². The lowest BCUT2D eigenvalue weighted by atomic mass is 9.88. The van der Waals surface area contributed by atoms with E-state index in [1.54, 1.807) is 31.2 Å². The van der Waals surface area contributed by atoms with Gasteiger partial charge in [-0.3, -0.25) is 19.1 Å². The van der Waals surface area contributed by atoms with E-state index in [0.717, 1.165) is 0 Å². The number of hydrogen-bond donors (Lipinski definition) is 3. The van der Waals surface area contributed by atoms with Gasteiger partial charge in [0, 0.05) is 23.9 Å². The van der Waals surface area contributed by atoms with Crippen LogP contribution < -0.4 is 29.6 Å². The molecular weight excluding hydrogens is 788 g/mol. The number of rotatable bonds is 9. The molecule has 4 amide bonds. The first-order valence-corrected chi connectivity index (χ1v) is 20.8. The highest BCUT2D eigenvalue weighted by Crippen LogP contribution is 2.46. The molecule has 3 fully saturated rings. The molecule has 318 valence electrons. The normalized spacial score (nSPS) is 28.8. The SMILES string of the molecule is COc1cc2ccnc(O[C@@H]3C[C@H]4C(=O)N[C@]5(C(=O)NS(=O)(=O)C6CC6)C[C@H]5/C=C\CC[C@@H](C)C[C@@H](C)C(NC(=O)OC(C)(C)C(F)(F)F)C(=O)N4C3)c2cc1OC. The molecule has 7 atom stereocenters. The van der Waals surface area contributed by atoms with Gasteiger partial charge in [-0.25, -0.2) is 18.2 Å². The molecule has 2 aliphatic carbocycles. The molecule has 3 heterocycles. The van der Waals surface area contributed by atoms with Crippen molar-refractivity contribution in [2.45, 2.75) is 113 Å². The maximum atomic E-state index is 14.7. The number of aromatic nitrogens is 1. The number of sulfonamides is 1. The second-order valence-electron chi connectivity index (χ2n) is 16.3. The van der Waals surface area contributed by atoms with Crippen molar-refractivity contribution in [1.82, 2.24) is 25.2 Å². The zero-order valence-corrected chi connectivity index (χ0v) is 34.0. The molecule has 6 rings (SSSR count). The van der Waals surface area contributed by atoms with E-state index in [0.29, 0.717) is 68.2 Å². The fraction of sp³-hybridized carbons (Fsp3) is 0.615. The number of alkyl carbamates (subject to hydrolysis) is 1. The van der Waals surface area contributed by atoms with Crippen LogP contribution in [0.1, 0.15) is 72.6 Å². The second kappa shape index (κ2) is 16.1. The molecule has 15 nitrogen and oxygen atoms in total. The number of alkyl halides is 3. The van der Waals surface area contributed by atoms with Crippen LogP contribution in [0.2, 0.25) is 0 Å². The molecule has 19 heteroatoms. The van der Waals surface area contributed by atoms with E-state index in [2.05, 4.69) is 20.3 Å². The Morgan fingerprint density at radius 3 is 2.38 bits per heavy atom. The van der Waals surface area contributed by atoms with E-state index in [9.17, 15) is 40.8 Å². The molecule has 1 aromatic carbocycles. The number of fused-ring (bicyclic) bond motifs is 3. The molecule has 1 unspecified atom stereocenters. The Morgan fingerprint density at radius 2 is 1.72 bits per heavy atom. The lowest BCUT2D eigenvalue weighted by molar-refractivity contribution is -0.244. The number of ether oxygens (including phenoxy) is 4. The fourth-order valence-electron chi connectivity index (χ4n) is 7.67. The highest BCUT2D eigenvalue weighted by molar-refractivity contribution is 7.91. The van der Waals surface area contributed by atoms with Crippen LogP contribution in [0.4, 0.5) is 18.0 Å². The monoisotopic (exact) mass is 837 g/mol. The molecular formula is C39H50F3N5O10S. The minimum absolute atomic E-state index is 0.0428. The first-order valence-electron chi connectivity index (χ1n) is 19.3. The van der Waals surface area contributed by atoms with E-state index < -0.39 is 86.4 Å². The Balaban J connectivity index is 1.36. The summed E-state index contributed by atoms with van der Waals surface area (Å²) in [5.41, 5.74) is -4.53. The third-order valence-electron chi connectivity index (χ3n) is 11.4. The Labute approximate surface area is 334 Å². The Bertz CT molecular complexity index is 2080. The maximum absolute atomic E-state index is 14.7. The highest BCUT2D eigenvalue weighted by Gasteiger charge is 2.62. The fourth-order valence-corrected chi connectivity index (χ4v) is 9.03. The third kappa shape index (κ3) is 8.93. The summed E-state index contributed by atoms with van der Waals surface area (Å²) in [4.78, 5) is 61.7. The number of allylic oxidation sites excluding steroid dienone is 1. The number of halogens is 3. The van der Waals surface area contributed by atoms with Gasteiger partial charge in [0.15, 0.2) is 11.5 Å². The largest absolute Gasteiger partial charge is 0.493 e. The van der Waals surface area contributed by atoms with Crippen molar-refractivity contribution in [3.05, 3.63) is 36.5 Å². The summed E-state index contributed by atoms with van der Waals surface area (Å²) in [6, 6.07) is 2.34. The number of carbonyl (C=O) groups excluding carboxylic acids is 4. The summed E-state index contributed by atoms with van der Waals surface area (Å²) in [7, 11) is -1.03. The van der Waals surface area contributed by atoms with Crippen LogP contribution in [0.25, 0.3) is 10.8 Å². The molecule has 2 aliphatic heterocycles. The number of hydrogen-bond acceptors (Lipinski definition) is 11. The summed E-state index contributed by atoms with van der Waals surface area (Å²) < 4.78 is 91.2. The first kappa shape index (κ1) is 42.8. The summed E-state index contributed by atoms with van der Waals surface area (Å²) >= 11 is 0. The van der Waals surface area contributed by atoms with Crippen molar-refractivity contribution < 1.29 is 59.7 Å². The molecule has 3 N–H and O–H groups in total. The van der Waals surface area contributed by atoms with E-state index in [1.807, 2.05) is 13.0 Å². The second-order valence-corrected chi connectivity index (χ2v) is 18.3. The topological polar surface area (TPSA) is 192 Å². The quantitative estimate of drug-likeness (QED) is 0.301. The third-order valence-corrected chi connectivity index (χ3v) is 13.2. The molecule has 1 aromatic heterocycles. The summed E-state index contributed by atoms with van der Waals surface area (Å²) in [6.45, 7) is 4.75. The molecule has 2 aromatic rings. The van der Waals surface area contributed by atoms with Gasteiger partial charge in [-0.1, -0.05) is 26.0 Å². The molecule has 0 bridgehead atoms. The van der Waals surface area contributed by atoms with E-state index in [4.69, 9.17) is 18.9 Å². The molecule has 1 saturated heterocycles.